The van der Waals surface area contributed by atoms with Crippen LogP contribution in [-0.4, -0.2) is 18.9 Å². The average molecular weight is 291 g/mol. The second-order valence-electron chi connectivity index (χ2n) is 3.65. The molecule has 8 heteroatoms. The molecule has 0 bridgehead atoms. The minimum absolute atomic E-state index is 0.00139. The molecule has 1 rings (SSSR count). The van der Waals surface area contributed by atoms with Crippen molar-refractivity contribution in [3.63, 3.8) is 0 Å². The number of thiophene rings is 1. The number of halogens is 6. The third-order valence-corrected chi connectivity index (χ3v) is 3.07. The maximum absolute atomic E-state index is 12.6. The molecular weight excluding hydrogens is 280 g/mol. The standard InChI is InChI=1S/C10H11F6NS/c1-2-17-7(6-3-4-18-5-6)8(9(11,12)13)10(14,15)16/h3-5,7-8,17H,2H2,1H3. The minimum atomic E-state index is -5.34. The van der Waals surface area contributed by atoms with Gasteiger partial charge in [-0.25, -0.2) is 0 Å². The fourth-order valence-corrected chi connectivity index (χ4v) is 2.36. The number of hydrogen-bond acceptors (Lipinski definition) is 2. The highest BCUT2D eigenvalue weighted by Crippen LogP contribution is 2.46. The summed E-state index contributed by atoms with van der Waals surface area (Å²) in [5, 5.41) is 5.00. The van der Waals surface area contributed by atoms with Crippen LogP contribution in [0.2, 0.25) is 0 Å². The van der Waals surface area contributed by atoms with E-state index in [0.717, 1.165) is 11.3 Å². The van der Waals surface area contributed by atoms with Crippen molar-refractivity contribution < 1.29 is 26.3 Å². The summed E-state index contributed by atoms with van der Waals surface area (Å²) in [5.41, 5.74) is 0.00139. The van der Waals surface area contributed by atoms with Crippen LogP contribution in [0.25, 0.3) is 0 Å². The highest BCUT2D eigenvalue weighted by Gasteiger charge is 2.60. The highest BCUT2D eigenvalue weighted by molar-refractivity contribution is 7.07. The van der Waals surface area contributed by atoms with Crippen molar-refractivity contribution in [2.45, 2.75) is 25.3 Å². The summed E-state index contributed by atoms with van der Waals surface area (Å²) in [6, 6.07) is -0.538. The number of alkyl halides is 6. The minimum Gasteiger partial charge on any atom is -0.309 e. The van der Waals surface area contributed by atoms with Crippen LogP contribution in [0.1, 0.15) is 18.5 Å². The lowest BCUT2D eigenvalue weighted by Crippen LogP contribution is -2.45. The Balaban J connectivity index is 3.15. The van der Waals surface area contributed by atoms with Crippen LogP contribution in [-0.2, 0) is 0 Å². The van der Waals surface area contributed by atoms with Crippen LogP contribution >= 0.6 is 11.3 Å². The number of nitrogens with one attached hydrogen (secondary N) is 1. The molecule has 0 aromatic carbocycles. The first-order valence-corrected chi connectivity index (χ1v) is 6.01. The van der Waals surface area contributed by atoms with E-state index in [-0.39, 0.29) is 12.1 Å². The summed E-state index contributed by atoms with van der Waals surface area (Å²) in [6.07, 6.45) is -10.7. The molecule has 1 aromatic rings. The van der Waals surface area contributed by atoms with Gasteiger partial charge in [0.2, 0.25) is 0 Å². The van der Waals surface area contributed by atoms with Crippen LogP contribution < -0.4 is 5.32 Å². The maximum atomic E-state index is 12.6. The Labute approximate surface area is 104 Å². The van der Waals surface area contributed by atoms with E-state index >= 15 is 0 Å². The van der Waals surface area contributed by atoms with E-state index in [9.17, 15) is 26.3 Å². The Hall–Kier alpha value is -0.760. The molecule has 1 aromatic heterocycles. The molecule has 1 atom stereocenters. The molecule has 104 valence electrons. The van der Waals surface area contributed by atoms with Crippen molar-refractivity contribution in [1.29, 1.82) is 0 Å². The molecule has 0 spiro atoms. The van der Waals surface area contributed by atoms with Crippen LogP contribution in [0.3, 0.4) is 0 Å². The van der Waals surface area contributed by atoms with E-state index in [1.807, 2.05) is 0 Å². The molecule has 0 radical (unpaired) electrons. The number of hydrogen-bond donors (Lipinski definition) is 1. The summed E-state index contributed by atoms with van der Waals surface area (Å²) >= 11 is 1.06. The predicted molar refractivity (Wildman–Crippen MR) is 56.3 cm³/mol. The van der Waals surface area contributed by atoms with Crippen molar-refractivity contribution in [1.82, 2.24) is 5.32 Å². The molecular formula is C10H11F6NS. The summed E-state index contributed by atoms with van der Waals surface area (Å²) in [6.45, 7) is 1.48. The second-order valence-corrected chi connectivity index (χ2v) is 4.43. The quantitative estimate of drug-likeness (QED) is 0.822. The first-order valence-electron chi connectivity index (χ1n) is 5.06. The van der Waals surface area contributed by atoms with Gasteiger partial charge in [0.05, 0.1) is 6.04 Å². The molecule has 18 heavy (non-hydrogen) atoms. The fraction of sp³-hybridized carbons (Fsp3) is 0.600. The van der Waals surface area contributed by atoms with Crippen molar-refractivity contribution in [2.75, 3.05) is 6.54 Å². The molecule has 1 N–H and O–H groups in total. The topological polar surface area (TPSA) is 12.0 Å². The van der Waals surface area contributed by atoms with Crippen LogP contribution in [0.5, 0.6) is 0 Å². The first-order chi connectivity index (χ1) is 8.18. The van der Waals surface area contributed by atoms with Crippen molar-refractivity contribution in [3.8, 4) is 0 Å². The van der Waals surface area contributed by atoms with E-state index in [4.69, 9.17) is 0 Å². The fourth-order valence-electron chi connectivity index (χ4n) is 1.66. The van der Waals surface area contributed by atoms with Gasteiger partial charge >= 0.3 is 12.4 Å². The van der Waals surface area contributed by atoms with Gasteiger partial charge in [-0.3, -0.25) is 0 Å². The SMILES string of the molecule is CCNC(c1ccsc1)C(C(F)(F)F)C(F)(F)F. The lowest BCUT2D eigenvalue weighted by atomic mass is 9.93. The van der Waals surface area contributed by atoms with E-state index in [1.165, 1.54) is 23.8 Å². The van der Waals surface area contributed by atoms with Crippen LogP contribution in [0.15, 0.2) is 16.8 Å². The van der Waals surface area contributed by atoms with Gasteiger partial charge in [-0.15, -0.1) is 0 Å². The van der Waals surface area contributed by atoms with E-state index in [0.29, 0.717) is 0 Å². The molecule has 0 saturated carbocycles. The maximum Gasteiger partial charge on any atom is 0.402 e. The molecule has 1 unspecified atom stereocenters. The van der Waals surface area contributed by atoms with Gasteiger partial charge in [0.25, 0.3) is 0 Å². The Morgan fingerprint density at radius 1 is 1.17 bits per heavy atom. The largest absolute Gasteiger partial charge is 0.402 e. The van der Waals surface area contributed by atoms with E-state index in [2.05, 4.69) is 5.32 Å². The Bertz CT molecular complexity index is 341. The zero-order valence-electron chi connectivity index (χ0n) is 9.27. The van der Waals surface area contributed by atoms with Crippen molar-refractivity contribution >= 4 is 11.3 Å². The average Bonchev–Trinajstić information content (AvgIpc) is 2.64. The molecule has 1 heterocycles. The molecule has 0 saturated heterocycles. The number of rotatable bonds is 4. The third kappa shape index (κ3) is 3.61. The van der Waals surface area contributed by atoms with Crippen LogP contribution in [0, 0.1) is 5.92 Å². The normalized spacial score (nSPS) is 15.1. The smallest absolute Gasteiger partial charge is 0.309 e. The monoisotopic (exact) mass is 291 g/mol. The molecule has 1 nitrogen and oxygen atoms in total. The summed E-state index contributed by atoms with van der Waals surface area (Å²) in [4.78, 5) is 0. The highest BCUT2D eigenvalue weighted by atomic mass is 32.1. The lowest BCUT2D eigenvalue weighted by molar-refractivity contribution is -0.292. The molecule has 0 fully saturated rings. The summed E-state index contributed by atoms with van der Waals surface area (Å²) < 4.78 is 75.7. The van der Waals surface area contributed by atoms with Crippen LogP contribution in [0.4, 0.5) is 26.3 Å². The summed E-state index contributed by atoms with van der Waals surface area (Å²) in [5.74, 6) is -3.40. The Morgan fingerprint density at radius 2 is 1.72 bits per heavy atom. The van der Waals surface area contributed by atoms with Crippen molar-refractivity contribution in [3.05, 3.63) is 22.4 Å². The van der Waals surface area contributed by atoms with Gasteiger partial charge in [0, 0.05) is 0 Å². The van der Waals surface area contributed by atoms with Gasteiger partial charge < -0.3 is 5.32 Å². The van der Waals surface area contributed by atoms with Gasteiger partial charge in [0.1, 0.15) is 0 Å². The zero-order chi connectivity index (χ0) is 14.0. The first kappa shape index (κ1) is 15.3. The van der Waals surface area contributed by atoms with Gasteiger partial charge in [-0.2, -0.15) is 37.7 Å². The molecule has 0 amide bonds. The van der Waals surface area contributed by atoms with Crippen molar-refractivity contribution in [2.24, 2.45) is 5.92 Å². The second kappa shape index (κ2) is 5.48. The van der Waals surface area contributed by atoms with Gasteiger partial charge in [0.15, 0.2) is 5.92 Å². The zero-order valence-corrected chi connectivity index (χ0v) is 10.1. The summed E-state index contributed by atoms with van der Waals surface area (Å²) in [7, 11) is 0. The Kier molecular flexibility index (Phi) is 4.66. The molecule has 0 aliphatic carbocycles. The third-order valence-electron chi connectivity index (χ3n) is 2.36. The van der Waals surface area contributed by atoms with E-state index in [1.54, 1.807) is 0 Å². The molecule has 0 aliphatic heterocycles. The molecule has 0 aliphatic rings. The predicted octanol–water partition coefficient (Wildman–Crippen LogP) is 4.14. The van der Waals surface area contributed by atoms with Gasteiger partial charge in [-0.1, -0.05) is 6.92 Å². The Morgan fingerprint density at radius 3 is 2.06 bits per heavy atom. The van der Waals surface area contributed by atoms with E-state index < -0.39 is 24.3 Å². The van der Waals surface area contributed by atoms with Gasteiger partial charge in [-0.05, 0) is 28.9 Å². The lowest BCUT2D eigenvalue weighted by Gasteiger charge is -2.30.